The Balaban J connectivity index is 1.54. The van der Waals surface area contributed by atoms with Gasteiger partial charge in [-0.05, 0) is 82.3 Å². The van der Waals surface area contributed by atoms with E-state index in [0.717, 1.165) is 23.4 Å². The first-order valence-corrected chi connectivity index (χ1v) is 9.21. The number of urea groups is 1. The molecule has 4 bridgehead atoms. The molecule has 0 unspecified atom stereocenters. The lowest BCUT2D eigenvalue weighted by molar-refractivity contribution is -0.0131. The number of nitrogens with one attached hydrogen (secondary N) is 1. The predicted octanol–water partition coefficient (Wildman–Crippen LogP) is 4.58. The predicted molar refractivity (Wildman–Crippen MR) is 93.5 cm³/mol. The lowest BCUT2D eigenvalue weighted by Crippen LogP contribution is -2.62. The number of anilines is 1. The van der Waals surface area contributed by atoms with Crippen molar-refractivity contribution in [3.8, 4) is 0 Å². The molecular formula is C20H28N2O. The zero-order valence-corrected chi connectivity index (χ0v) is 14.3. The Kier molecular flexibility index (Phi) is 3.62. The Labute approximate surface area is 139 Å². The normalized spacial score (nSPS) is 34.7. The number of rotatable bonds is 3. The molecule has 1 N–H and O–H groups in total. The van der Waals surface area contributed by atoms with Gasteiger partial charge in [0.25, 0.3) is 0 Å². The molecule has 2 amide bonds. The lowest BCUT2D eigenvalue weighted by Gasteiger charge is -2.57. The highest BCUT2D eigenvalue weighted by molar-refractivity contribution is 5.93. The van der Waals surface area contributed by atoms with Crippen molar-refractivity contribution >= 4 is 11.7 Å². The van der Waals surface area contributed by atoms with Crippen molar-refractivity contribution < 1.29 is 4.79 Å². The van der Waals surface area contributed by atoms with Crippen molar-refractivity contribution in [3.63, 3.8) is 0 Å². The van der Waals surface area contributed by atoms with Gasteiger partial charge in [-0.25, -0.2) is 4.79 Å². The molecule has 0 radical (unpaired) electrons. The average molecular weight is 312 g/mol. The van der Waals surface area contributed by atoms with Crippen LogP contribution in [0.1, 0.15) is 52.4 Å². The molecule has 0 saturated heterocycles. The number of carbonyl (C=O) groups excluding carboxylic acids is 1. The van der Waals surface area contributed by atoms with Gasteiger partial charge >= 0.3 is 6.03 Å². The second-order valence-electron chi connectivity index (χ2n) is 8.43. The van der Waals surface area contributed by atoms with Crippen LogP contribution in [0.15, 0.2) is 30.3 Å². The Bertz CT molecular complexity index is 545. The molecule has 124 valence electrons. The first-order chi connectivity index (χ1) is 11.0. The summed E-state index contributed by atoms with van der Waals surface area (Å²) in [5.41, 5.74) is 1.07. The van der Waals surface area contributed by atoms with E-state index in [9.17, 15) is 4.79 Å². The highest BCUT2D eigenvalue weighted by Crippen LogP contribution is 2.55. The average Bonchev–Trinajstić information content (AvgIpc) is 2.45. The summed E-state index contributed by atoms with van der Waals surface area (Å²) in [5.74, 6) is 2.56. The number of hydrogen-bond donors (Lipinski definition) is 1. The smallest absolute Gasteiger partial charge is 0.322 e. The zero-order chi connectivity index (χ0) is 16.0. The first kappa shape index (κ1) is 15.0. The highest BCUT2D eigenvalue weighted by Gasteiger charge is 2.51. The molecule has 4 saturated carbocycles. The molecule has 3 nitrogen and oxygen atoms in total. The maximum Gasteiger partial charge on any atom is 0.322 e. The second-order valence-corrected chi connectivity index (χ2v) is 8.43. The highest BCUT2D eigenvalue weighted by atomic mass is 16.2. The summed E-state index contributed by atoms with van der Waals surface area (Å²) in [6.45, 7) is 4.18. The van der Waals surface area contributed by atoms with Crippen LogP contribution >= 0.6 is 0 Å². The van der Waals surface area contributed by atoms with Gasteiger partial charge in [-0.2, -0.15) is 0 Å². The minimum Gasteiger partial charge on any atom is -0.332 e. The molecule has 1 aromatic carbocycles. The summed E-state index contributed by atoms with van der Waals surface area (Å²) >= 11 is 0. The number of nitrogens with zero attached hydrogens (tertiary/aromatic N) is 1. The maximum absolute atomic E-state index is 13.1. The topological polar surface area (TPSA) is 32.3 Å². The summed E-state index contributed by atoms with van der Waals surface area (Å²) in [6.07, 6.45) is 7.81. The van der Waals surface area contributed by atoms with Gasteiger partial charge in [0.05, 0.1) is 0 Å². The number of para-hydroxylation sites is 1. The van der Waals surface area contributed by atoms with Gasteiger partial charge in [0.2, 0.25) is 0 Å². The standard InChI is InChI=1S/C20H28N2O/c1-14(2)22(18-6-4-3-5-7-18)19(23)21-20-11-15-8-16(12-20)10-17(9-15)13-20/h3-7,14-17H,8-13H2,1-2H3,(H,21,23). The fourth-order valence-electron chi connectivity index (χ4n) is 5.79. The maximum atomic E-state index is 13.1. The molecule has 23 heavy (non-hydrogen) atoms. The largest absolute Gasteiger partial charge is 0.332 e. The zero-order valence-electron chi connectivity index (χ0n) is 14.3. The number of amides is 2. The number of carbonyl (C=O) groups is 1. The summed E-state index contributed by atoms with van der Waals surface area (Å²) in [6, 6.07) is 10.3. The van der Waals surface area contributed by atoms with Crippen molar-refractivity contribution in [3.05, 3.63) is 30.3 Å². The minimum atomic E-state index is 0.0771. The molecule has 3 heteroatoms. The van der Waals surface area contributed by atoms with Gasteiger partial charge in [0.15, 0.2) is 0 Å². The van der Waals surface area contributed by atoms with E-state index in [4.69, 9.17) is 0 Å². The summed E-state index contributed by atoms with van der Waals surface area (Å²) in [7, 11) is 0. The van der Waals surface area contributed by atoms with E-state index >= 15 is 0 Å². The SMILES string of the molecule is CC(C)N(C(=O)NC12CC3CC(CC(C3)C1)C2)c1ccccc1. The molecule has 0 aromatic heterocycles. The van der Waals surface area contributed by atoms with E-state index in [1.54, 1.807) is 0 Å². The van der Waals surface area contributed by atoms with Crippen molar-refractivity contribution in [2.45, 2.75) is 64.0 Å². The van der Waals surface area contributed by atoms with Crippen LogP contribution in [0, 0.1) is 17.8 Å². The fraction of sp³-hybridized carbons (Fsp3) is 0.650. The molecule has 4 aliphatic carbocycles. The van der Waals surface area contributed by atoms with E-state index in [0.29, 0.717) is 0 Å². The molecule has 4 fully saturated rings. The monoisotopic (exact) mass is 312 g/mol. The van der Waals surface area contributed by atoms with Crippen LogP contribution in [0.5, 0.6) is 0 Å². The van der Waals surface area contributed by atoms with E-state index < -0.39 is 0 Å². The van der Waals surface area contributed by atoms with E-state index in [-0.39, 0.29) is 17.6 Å². The van der Waals surface area contributed by atoms with Gasteiger partial charge in [0.1, 0.15) is 0 Å². The van der Waals surface area contributed by atoms with Crippen molar-refractivity contribution in [1.82, 2.24) is 5.32 Å². The van der Waals surface area contributed by atoms with Crippen LogP contribution in [0.2, 0.25) is 0 Å². The molecule has 0 heterocycles. The lowest BCUT2D eigenvalue weighted by atomic mass is 9.53. The molecular weight excluding hydrogens is 284 g/mol. The Morgan fingerprint density at radius 3 is 2.04 bits per heavy atom. The van der Waals surface area contributed by atoms with Gasteiger partial charge in [-0.1, -0.05) is 18.2 Å². The van der Waals surface area contributed by atoms with Crippen LogP contribution in [-0.2, 0) is 0 Å². The quantitative estimate of drug-likeness (QED) is 0.870. The van der Waals surface area contributed by atoms with Crippen LogP contribution < -0.4 is 10.2 Å². The summed E-state index contributed by atoms with van der Waals surface area (Å²) < 4.78 is 0. The van der Waals surface area contributed by atoms with Crippen LogP contribution in [0.4, 0.5) is 10.5 Å². The van der Waals surface area contributed by atoms with Crippen LogP contribution in [0.25, 0.3) is 0 Å². The number of benzene rings is 1. The van der Waals surface area contributed by atoms with Crippen molar-refractivity contribution in [1.29, 1.82) is 0 Å². The van der Waals surface area contributed by atoms with E-state index in [1.165, 1.54) is 38.5 Å². The van der Waals surface area contributed by atoms with Crippen molar-refractivity contribution in [2.75, 3.05) is 4.90 Å². The van der Waals surface area contributed by atoms with Crippen molar-refractivity contribution in [2.24, 2.45) is 17.8 Å². The molecule has 0 atom stereocenters. The molecule has 0 spiro atoms. The Hall–Kier alpha value is -1.51. The minimum absolute atomic E-state index is 0.0771. The van der Waals surface area contributed by atoms with Gasteiger partial charge in [-0.3, -0.25) is 4.90 Å². The molecule has 1 aromatic rings. The first-order valence-electron chi connectivity index (χ1n) is 9.21. The van der Waals surface area contributed by atoms with Gasteiger partial charge in [0, 0.05) is 17.3 Å². The number of hydrogen-bond acceptors (Lipinski definition) is 1. The fourth-order valence-corrected chi connectivity index (χ4v) is 5.79. The van der Waals surface area contributed by atoms with Gasteiger partial charge in [-0.15, -0.1) is 0 Å². The van der Waals surface area contributed by atoms with Crippen LogP contribution in [0.3, 0.4) is 0 Å². The Morgan fingerprint density at radius 1 is 1.04 bits per heavy atom. The third-order valence-corrected chi connectivity index (χ3v) is 6.18. The molecule has 0 aliphatic heterocycles. The summed E-state index contributed by atoms with van der Waals surface area (Å²) in [4.78, 5) is 15.0. The molecule has 4 aliphatic rings. The van der Waals surface area contributed by atoms with E-state index in [1.807, 2.05) is 35.2 Å². The van der Waals surface area contributed by atoms with Gasteiger partial charge < -0.3 is 5.32 Å². The summed E-state index contributed by atoms with van der Waals surface area (Å²) in [5, 5.41) is 3.49. The molecule has 5 rings (SSSR count). The van der Waals surface area contributed by atoms with E-state index in [2.05, 4.69) is 19.2 Å². The van der Waals surface area contributed by atoms with Crippen LogP contribution in [-0.4, -0.2) is 17.6 Å². The third-order valence-electron chi connectivity index (χ3n) is 6.18. The third kappa shape index (κ3) is 2.75. The second kappa shape index (κ2) is 5.54. The Morgan fingerprint density at radius 2 is 1.57 bits per heavy atom.